The first-order valence-electron chi connectivity index (χ1n) is 6.70. The summed E-state index contributed by atoms with van der Waals surface area (Å²) >= 11 is 0. The zero-order valence-corrected chi connectivity index (χ0v) is 10.7. The van der Waals surface area contributed by atoms with Crippen molar-refractivity contribution in [3.63, 3.8) is 0 Å². The smallest absolute Gasteiger partial charge is 0.315 e. The molecule has 2 N–H and O–H groups in total. The number of hydrogen-bond donors (Lipinski definition) is 2. The van der Waals surface area contributed by atoms with Crippen LogP contribution in [0.5, 0.6) is 0 Å². The standard InChI is InChI=1S/C15H17N3O/c19-15(18-13-7-2-8-13)17-10-12-5-1-4-11-6-3-9-16-14(11)12/h1,3-6,9,13H,2,7-8,10H2,(H2,17,18,19). The summed E-state index contributed by atoms with van der Waals surface area (Å²) in [6.07, 6.45) is 5.20. The molecule has 2 aromatic rings. The number of amides is 2. The molecule has 0 bridgehead atoms. The van der Waals surface area contributed by atoms with E-state index in [-0.39, 0.29) is 6.03 Å². The first kappa shape index (κ1) is 12.0. The molecule has 0 saturated heterocycles. The minimum Gasteiger partial charge on any atom is -0.335 e. The Kier molecular flexibility index (Phi) is 3.31. The fraction of sp³-hybridized carbons (Fsp3) is 0.333. The third-order valence-corrected chi connectivity index (χ3v) is 3.60. The van der Waals surface area contributed by atoms with E-state index in [0.29, 0.717) is 12.6 Å². The lowest BCUT2D eigenvalue weighted by molar-refractivity contribution is 0.228. The van der Waals surface area contributed by atoms with E-state index in [0.717, 1.165) is 29.3 Å². The summed E-state index contributed by atoms with van der Waals surface area (Å²) in [4.78, 5) is 16.1. The lowest BCUT2D eigenvalue weighted by Crippen LogP contribution is -2.44. The molecule has 0 radical (unpaired) electrons. The number of nitrogens with one attached hydrogen (secondary N) is 2. The number of hydrogen-bond acceptors (Lipinski definition) is 2. The molecule has 2 amide bonds. The number of para-hydroxylation sites is 1. The monoisotopic (exact) mass is 255 g/mol. The predicted molar refractivity (Wildman–Crippen MR) is 74.8 cm³/mol. The van der Waals surface area contributed by atoms with Crippen LogP contribution in [0.4, 0.5) is 4.79 Å². The average molecular weight is 255 g/mol. The fourth-order valence-electron chi connectivity index (χ4n) is 2.27. The van der Waals surface area contributed by atoms with Gasteiger partial charge in [0.1, 0.15) is 0 Å². The van der Waals surface area contributed by atoms with Crippen molar-refractivity contribution in [2.45, 2.75) is 31.8 Å². The molecule has 0 spiro atoms. The fourth-order valence-corrected chi connectivity index (χ4v) is 2.27. The second-order valence-corrected chi connectivity index (χ2v) is 4.95. The molecule has 98 valence electrons. The van der Waals surface area contributed by atoms with Crippen LogP contribution in [-0.2, 0) is 6.54 Å². The van der Waals surface area contributed by atoms with Crippen LogP contribution >= 0.6 is 0 Å². The van der Waals surface area contributed by atoms with Crippen molar-refractivity contribution in [1.29, 1.82) is 0 Å². The van der Waals surface area contributed by atoms with Gasteiger partial charge in [0, 0.05) is 24.2 Å². The molecule has 1 fully saturated rings. The largest absolute Gasteiger partial charge is 0.335 e. The van der Waals surface area contributed by atoms with Gasteiger partial charge in [-0.1, -0.05) is 24.3 Å². The summed E-state index contributed by atoms with van der Waals surface area (Å²) in [5, 5.41) is 6.96. The summed E-state index contributed by atoms with van der Waals surface area (Å²) in [6.45, 7) is 0.507. The molecule has 1 saturated carbocycles. The van der Waals surface area contributed by atoms with Gasteiger partial charge < -0.3 is 10.6 Å². The van der Waals surface area contributed by atoms with Gasteiger partial charge in [-0.2, -0.15) is 0 Å². The Morgan fingerprint density at radius 3 is 2.89 bits per heavy atom. The molecule has 1 aromatic heterocycles. The van der Waals surface area contributed by atoms with Crippen molar-refractivity contribution >= 4 is 16.9 Å². The van der Waals surface area contributed by atoms with Crippen LogP contribution in [0.3, 0.4) is 0 Å². The molecular formula is C15H17N3O. The van der Waals surface area contributed by atoms with Crippen molar-refractivity contribution in [1.82, 2.24) is 15.6 Å². The maximum absolute atomic E-state index is 11.7. The topological polar surface area (TPSA) is 54.0 Å². The minimum absolute atomic E-state index is 0.0855. The summed E-state index contributed by atoms with van der Waals surface area (Å²) in [5.41, 5.74) is 2.00. The Labute approximate surface area is 112 Å². The van der Waals surface area contributed by atoms with E-state index in [1.807, 2.05) is 30.3 Å². The van der Waals surface area contributed by atoms with Gasteiger partial charge in [0.25, 0.3) is 0 Å². The van der Waals surface area contributed by atoms with E-state index >= 15 is 0 Å². The van der Waals surface area contributed by atoms with Crippen LogP contribution in [0.25, 0.3) is 10.9 Å². The molecule has 19 heavy (non-hydrogen) atoms. The van der Waals surface area contributed by atoms with Gasteiger partial charge >= 0.3 is 6.03 Å². The van der Waals surface area contributed by atoms with Gasteiger partial charge in [-0.3, -0.25) is 4.98 Å². The number of nitrogens with zero attached hydrogens (tertiary/aromatic N) is 1. The van der Waals surface area contributed by atoms with E-state index in [9.17, 15) is 4.79 Å². The van der Waals surface area contributed by atoms with E-state index in [2.05, 4.69) is 15.6 Å². The van der Waals surface area contributed by atoms with Gasteiger partial charge in [0.15, 0.2) is 0 Å². The molecule has 3 rings (SSSR count). The van der Waals surface area contributed by atoms with Crippen LogP contribution in [0.15, 0.2) is 36.5 Å². The minimum atomic E-state index is -0.0855. The van der Waals surface area contributed by atoms with Crippen molar-refractivity contribution in [3.8, 4) is 0 Å². The molecule has 0 atom stereocenters. The van der Waals surface area contributed by atoms with Gasteiger partial charge in [0.2, 0.25) is 0 Å². The number of fused-ring (bicyclic) bond motifs is 1. The molecule has 0 aliphatic heterocycles. The average Bonchev–Trinajstić information content (AvgIpc) is 2.40. The van der Waals surface area contributed by atoms with Gasteiger partial charge in [0.05, 0.1) is 5.52 Å². The lowest BCUT2D eigenvalue weighted by Gasteiger charge is -2.26. The maximum Gasteiger partial charge on any atom is 0.315 e. The normalized spacial score (nSPS) is 14.9. The first-order chi connectivity index (χ1) is 9.33. The van der Waals surface area contributed by atoms with Crippen LogP contribution < -0.4 is 10.6 Å². The Bertz CT molecular complexity index is 587. The molecule has 4 heteroatoms. The summed E-state index contributed by atoms with van der Waals surface area (Å²) in [5.74, 6) is 0. The van der Waals surface area contributed by atoms with Crippen LogP contribution in [0.1, 0.15) is 24.8 Å². The zero-order chi connectivity index (χ0) is 13.1. The van der Waals surface area contributed by atoms with Crippen molar-refractivity contribution in [2.75, 3.05) is 0 Å². The molecule has 4 nitrogen and oxygen atoms in total. The Balaban J connectivity index is 1.66. The van der Waals surface area contributed by atoms with E-state index in [4.69, 9.17) is 0 Å². The van der Waals surface area contributed by atoms with Crippen LogP contribution in [0, 0.1) is 0 Å². The predicted octanol–water partition coefficient (Wildman–Crippen LogP) is 2.59. The number of carbonyl (C=O) groups excluding carboxylic acids is 1. The number of carbonyl (C=O) groups is 1. The maximum atomic E-state index is 11.7. The summed E-state index contributed by atoms with van der Waals surface area (Å²) in [7, 11) is 0. The molecule has 1 aromatic carbocycles. The lowest BCUT2D eigenvalue weighted by atomic mass is 9.93. The van der Waals surface area contributed by atoms with Crippen molar-refractivity contribution in [3.05, 3.63) is 42.1 Å². The van der Waals surface area contributed by atoms with Crippen molar-refractivity contribution in [2.24, 2.45) is 0 Å². The van der Waals surface area contributed by atoms with E-state index in [1.165, 1.54) is 6.42 Å². The quantitative estimate of drug-likeness (QED) is 0.885. The number of urea groups is 1. The number of rotatable bonds is 3. The number of pyridine rings is 1. The molecule has 1 aliphatic rings. The highest BCUT2D eigenvalue weighted by Crippen LogP contribution is 2.18. The Hall–Kier alpha value is -2.10. The zero-order valence-electron chi connectivity index (χ0n) is 10.7. The van der Waals surface area contributed by atoms with Gasteiger partial charge in [-0.05, 0) is 30.9 Å². The summed E-state index contributed by atoms with van der Waals surface area (Å²) in [6, 6.07) is 10.2. The Morgan fingerprint density at radius 2 is 2.11 bits per heavy atom. The highest BCUT2D eigenvalue weighted by atomic mass is 16.2. The van der Waals surface area contributed by atoms with Crippen LogP contribution in [-0.4, -0.2) is 17.1 Å². The van der Waals surface area contributed by atoms with E-state index in [1.54, 1.807) is 6.20 Å². The highest BCUT2D eigenvalue weighted by Gasteiger charge is 2.19. The molecule has 0 unspecified atom stereocenters. The highest BCUT2D eigenvalue weighted by molar-refractivity contribution is 5.82. The number of benzene rings is 1. The van der Waals surface area contributed by atoms with Gasteiger partial charge in [-0.25, -0.2) is 4.79 Å². The molecule has 1 aliphatic carbocycles. The molecule has 1 heterocycles. The second-order valence-electron chi connectivity index (χ2n) is 4.95. The Morgan fingerprint density at radius 1 is 1.26 bits per heavy atom. The third-order valence-electron chi connectivity index (χ3n) is 3.60. The second kappa shape index (κ2) is 5.26. The first-order valence-corrected chi connectivity index (χ1v) is 6.70. The SMILES string of the molecule is O=C(NCc1cccc2cccnc12)NC1CCC1. The molecular weight excluding hydrogens is 238 g/mol. The van der Waals surface area contributed by atoms with Crippen LogP contribution in [0.2, 0.25) is 0 Å². The summed E-state index contributed by atoms with van der Waals surface area (Å²) < 4.78 is 0. The van der Waals surface area contributed by atoms with Crippen molar-refractivity contribution < 1.29 is 4.79 Å². The van der Waals surface area contributed by atoms with Gasteiger partial charge in [-0.15, -0.1) is 0 Å². The third kappa shape index (κ3) is 2.67. The number of aromatic nitrogens is 1. The van der Waals surface area contributed by atoms with E-state index < -0.39 is 0 Å².